The van der Waals surface area contributed by atoms with Crippen molar-refractivity contribution < 1.29 is 39.5 Å². The van der Waals surface area contributed by atoms with Crippen LogP contribution in [0.5, 0.6) is 5.75 Å². The molecule has 3 amide bonds. The number of methoxy groups -OCH3 is 1. The number of carbonyl (C=O) groups excluding carboxylic acids is 3. The molecular weight excluding hydrogens is 430 g/mol. The molecule has 1 aromatic rings. The molecule has 2 aliphatic rings. The second-order valence-corrected chi connectivity index (χ2v) is 8.43. The van der Waals surface area contributed by atoms with Gasteiger partial charge in [0.2, 0.25) is 11.8 Å². The van der Waals surface area contributed by atoms with E-state index in [2.05, 4.69) is 4.74 Å². The van der Waals surface area contributed by atoms with Gasteiger partial charge in [-0.3, -0.25) is 9.59 Å². The van der Waals surface area contributed by atoms with Gasteiger partial charge in [0.15, 0.2) is 0 Å². The highest BCUT2D eigenvalue weighted by molar-refractivity contribution is 6.15. The summed E-state index contributed by atoms with van der Waals surface area (Å²) in [5.41, 5.74) is 2.26. The lowest BCUT2D eigenvalue weighted by atomic mass is 9.68. The highest BCUT2D eigenvalue weighted by Crippen LogP contribution is 2.46. The minimum atomic E-state index is -1.09. The predicted octanol–water partition coefficient (Wildman–Crippen LogP) is 1.61. The van der Waals surface area contributed by atoms with Crippen LogP contribution in [0.25, 0.3) is 6.08 Å². The van der Waals surface area contributed by atoms with E-state index in [9.17, 15) is 34.8 Å². The summed E-state index contributed by atoms with van der Waals surface area (Å²) in [7, 11) is 1.06. The molecule has 1 aliphatic heterocycles. The molecule has 4 atom stereocenters. The number of ether oxygens (including phenoxy) is 1. The summed E-state index contributed by atoms with van der Waals surface area (Å²) >= 11 is 0. The molecule has 33 heavy (non-hydrogen) atoms. The maximum Gasteiger partial charge on any atom is 0.423 e. The van der Waals surface area contributed by atoms with Gasteiger partial charge >= 0.3 is 6.09 Å². The molecule has 1 saturated heterocycles. The van der Waals surface area contributed by atoms with Crippen LogP contribution < -0.4 is 0 Å². The molecule has 0 unspecified atom stereocenters. The summed E-state index contributed by atoms with van der Waals surface area (Å²) < 4.78 is 4.55. The Hall–Kier alpha value is -3.01. The van der Waals surface area contributed by atoms with Crippen molar-refractivity contribution >= 4 is 24.0 Å². The zero-order valence-electron chi connectivity index (χ0n) is 18.6. The number of rotatable bonds is 7. The molecule has 0 aromatic heterocycles. The number of allylic oxidation sites excluding steroid dienone is 1. The summed E-state index contributed by atoms with van der Waals surface area (Å²) in [6, 6.07) is 6.86. The van der Waals surface area contributed by atoms with E-state index < -0.39 is 55.0 Å². The summed E-state index contributed by atoms with van der Waals surface area (Å²) in [5.74, 6) is -4.19. The van der Waals surface area contributed by atoms with Crippen LogP contribution in [0.3, 0.4) is 0 Å². The molecule has 9 heteroatoms. The molecule has 0 saturated carbocycles. The number of hydrogen-bond acceptors (Lipinski definition) is 8. The average molecular weight is 459 g/mol. The monoisotopic (exact) mass is 459 g/mol. The van der Waals surface area contributed by atoms with Crippen LogP contribution in [0.2, 0.25) is 0 Å². The van der Waals surface area contributed by atoms with Gasteiger partial charge in [0.1, 0.15) is 5.75 Å². The van der Waals surface area contributed by atoms with E-state index in [0.29, 0.717) is 28.0 Å². The second-order valence-electron chi connectivity index (χ2n) is 8.43. The van der Waals surface area contributed by atoms with Gasteiger partial charge in [-0.05, 0) is 43.4 Å². The Morgan fingerprint density at radius 3 is 2.55 bits per heavy atom. The Bertz CT molecular complexity index is 998. The third kappa shape index (κ3) is 4.71. The van der Waals surface area contributed by atoms with Crippen molar-refractivity contribution in [1.29, 1.82) is 0 Å². The van der Waals surface area contributed by atoms with Crippen molar-refractivity contribution in [2.24, 2.45) is 17.8 Å². The van der Waals surface area contributed by atoms with Crippen molar-refractivity contribution in [2.75, 3.05) is 20.3 Å². The minimum Gasteiger partial charge on any atom is -0.507 e. The van der Waals surface area contributed by atoms with Gasteiger partial charge in [0, 0.05) is 11.5 Å². The third-order valence-electron chi connectivity index (χ3n) is 6.44. The number of phenolic OH excluding ortho intramolecular Hbond substituents is 1. The fourth-order valence-corrected chi connectivity index (χ4v) is 4.84. The smallest absolute Gasteiger partial charge is 0.423 e. The van der Waals surface area contributed by atoms with Gasteiger partial charge < -0.3 is 25.2 Å². The molecule has 3 rings (SSSR count). The molecule has 0 radical (unpaired) electrons. The Labute approximate surface area is 191 Å². The SMILES string of the molecule is COC(=O)N1C(=O)[C@@H]2[C@@H](CC(CO)=C([C@H](O)CC/C(C)=C/c3ccccc3O)[C@@H]2CO)C1=O. The molecule has 4 N–H and O–H groups in total. The number of phenols is 1. The van der Waals surface area contributed by atoms with Gasteiger partial charge in [-0.15, -0.1) is 0 Å². The van der Waals surface area contributed by atoms with Gasteiger partial charge in [-0.25, -0.2) is 4.79 Å². The molecule has 1 fully saturated rings. The number of nitrogens with zero attached hydrogens (tertiary/aromatic N) is 1. The Morgan fingerprint density at radius 1 is 1.24 bits per heavy atom. The topological polar surface area (TPSA) is 145 Å². The first-order valence-corrected chi connectivity index (χ1v) is 10.8. The number of aromatic hydroxyl groups is 1. The summed E-state index contributed by atoms with van der Waals surface area (Å²) in [6.45, 7) is 0.880. The van der Waals surface area contributed by atoms with Crippen molar-refractivity contribution in [3.63, 3.8) is 0 Å². The van der Waals surface area contributed by atoms with Crippen molar-refractivity contribution in [2.45, 2.75) is 32.3 Å². The second kappa shape index (κ2) is 10.3. The largest absolute Gasteiger partial charge is 0.507 e. The van der Waals surface area contributed by atoms with Crippen molar-refractivity contribution in [3.05, 3.63) is 46.5 Å². The Kier molecular flexibility index (Phi) is 7.68. The number of imide groups is 3. The van der Waals surface area contributed by atoms with E-state index in [1.54, 1.807) is 30.3 Å². The standard InChI is InChI=1S/C24H29NO8/c1-13(9-14-5-3-4-6-18(14)28)7-8-19(29)20-15(11-26)10-16-21(17(20)12-27)23(31)25(22(16)30)24(32)33-2/h3-6,9,16-17,19,21,26-29H,7-8,10-12H2,1-2H3/b13-9+/t16-,17+,19-,21-/m1/s1. The maximum atomic E-state index is 12.9. The number of carbonyl (C=O) groups is 3. The number of para-hydroxylation sites is 1. The zero-order valence-corrected chi connectivity index (χ0v) is 18.6. The molecule has 1 heterocycles. The van der Waals surface area contributed by atoms with Crippen LogP contribution in [-0.4, -0.2) is 69.7 Å². The Balaban J connectivity index is 1.83. The summed E-state index contributed by atoms with van der Waals surface area (Å²) in [6.07, 6.45) is 0.338. The number of benzene rings is 1. The molecule has 1 aliphatic carbocycles. The summed E-state index contributed by atoms with van der Waals surface area (Å²) in [4.78, 5) is 38.0. The maximum absolute atomic E-state index is 12.9. The first-order chi connectivity index (χ1) is 15.7. The van der Waals surface area contributed by atoms with Crippen LogP contribution in [0.15, 0.2) is 41.0 Å². The highest BCUT2D eigenvalue weighted by Gasteiger charge is 2.57. The van der Waals surface area contributed by atoms with Crippen LogP contribution in [0.4, 0.5) is 4.79 Å². The van der Waals surface area contributed by atoms with Crippen molar-refractivity contribution in [1.82, 2.24) is 4.90 Å². The summed E-state index contributed by atoms with van der Waals surface area (Å²) in [5, 5.41) is 40.9. The van der Waals surface area contributed by atoms with Crippen LogP contribution >= 0.6 is 0 Å². The number of aliphatic hydroxyl groups excluding tert-OH is 3. The number of likely N-dealkylation sites (tertiary alicyclic amines) is 1. The van der Waals surface area contributed by atoms with E-state index in [1.165, 1.54) is 0 Å². The zero-order chi connectivity index (χ0) is 24.3. The number of aliphatic hydroxyl groups is 3. The Morgan fingerprint density at radius 2 is 1.94 bits per heavy atom. The van der Waals surface area contributed by atoms with E-state index in [4.69, 9.17) is 0 Å². The quantitative estimate of drug-likeness (QED) is 0.355. The third-order valence-corrected chi connectivity index (χ3v) is 6.44. The van der Waals surface area contributed by atoms with Gasteiger partial charge in [0.05, 0.1) is 38.3 Å². The fraction of sp³-hybridized carbons (Fsp3) is 0.458. The van der Waals surface area contributed by atoms with Crippen molar-refractivity contribution in [3.8, 4) is 5.75 Å². The normalized spacial score (nSPS) is 24.2. The highest BCUT2D eigenvalue weighted by atomic mass is 16.5. The minimum absolute atomic E-state index is 0.00877. The molecule has 9 nitrogen and oxygen atoms in total. The van der Waals surface area contributed by atoms with E-state index in [-0.39, 0.29) is 18.6 Å². The van der Waals surface area contributed by atoms with E-state index in [1.807, 2.05) is 6.92 Å². The van der Waals surface area contributed by atoms with Crippen LogP contribution in [-0.2, 0) is 14.3 Å². The molecule has 178 valence electrons. The molecule has 0 bridgehead atoms. The molecule has 0 spiro atoms. The lowest BCUT2D eigenvalue weighted by Gasteiger charge is -2.36. The predicted molar refractivity (Wildman–Crippen MR) is 118 cm³/mol. The van der Waals surface area contributed by atoms with E-state index in [0.717, 1.165) is 12.7 Å². The lowest BCUT2D eigenvalue weighted by Crippen LogP contribution is -2.40. The average Bonchev–Trinajstić information content (AvgIpc) is 3.06. The lowest BCUT2D eigenvalue weighted by molar-refractivity contribution is -0.137. The van der Waals surface area contributed by atoms with E-state index >= 15 is 0 Å². The van der Waals surface area contributed by atoms with Gasteiger partial charge in [0.25, 0.3) is 0 Å². The van der Waals surface area contributed by atoms with Crippen LogP contribution in [0.1, 0.15) is 31.7 Å². The fourth-order valence-electron chi connectivity index (χ4n) is 4.84. The number of hydrogen-bond donors (Lipinski definition) is 4. The number of fused-ring (bicyclic) bond motifs is 1. The first kappa shape index (κ1) is 24.6. The molecular formula is C24H29NO8. The van der Waals surface area contributed by atoms with Crippen LogP contribution in [0, 0.1) is 17.8 Å². The molecule has 1 aromatic carbocycles. The van der Waals surface area contributed by atoms with Gasteiger partial charge in [-0.2, -0.15) is 4.90 Å². The number of amides is 3. The first-order valence-electron chi connectivity index (χ1n) is 10.8. The van der Waals surface area contributed by atoms with Gasteiger partial charge in [-0.1, -0.05) is 29.8 Å².